The van der Waals surface area contributed by atoms with E-state index in [0.29, 0.717) is 104 Å². The van der Waals surface area contributed by atoms with Crippen molar-refractivity contribution in [3.8, 4) is 5.75 Å². The summed E-state index contributed by atoms with van der Waals surface area (Å²) in [4.78, 5) is 2.08. The van der Waals surface area contributed by atoms with Crippen molar-refractivity contribution < 1.29 is 37.9 Å². The minimum atomic E-state index is 0.448. The van der Waals surface area contributed by atoms with Crippen LogP contribution in [-0.4, -0.2) is 125 Å². The van der Waals surface area contributed by atoms with Crippen LogP contribution in [-0.2, 0) is 33.2 Å². The summed E-state index contributed by atoms with van der Waals surface area (Å²) in [6, 6.07) is 7.39. The van der Waals surface area contributed by atoms with Crippen LogP contribution in [0.25, 0.3) is 0 Å². The fraction of sp³-hybridized carbons (Fsp3) is 0.750. The van der Waals surface area contributed by atoms with Gasteiger partial charge in [-0.25, -0.2) is 0 Å². The lowest BCUT2D eigenvalue weighted by molar-refractivity contribution is -0.0214. The van der Waals surface area contributed by atoms with Crippen LogP contribution in [0.15, 0.2) is 24.3 Å². The van der Waals surface area contributed by atoms with Gasteiger partial charge >= 0.3 is 0 Å². The maximum Gasteiger partial charge on any atom is 0.142 e. The van der Waals surface area contributed by atoms with Gasteiger partial charge in [-0.05, 0) is 26.2 Å². The number of nitrogens with zero attached hydrogens (tertiary/aromatic N) is 1. The van der Waals surface area contributed by atoms with Crippen molar-refractivity contribution in [3.05, 3.63) is 24.3 Å². The highest BCUT2D eigenvalue weighted by Gasteiger charge is 1.98. The number of hydrogen-bond acceptors (Lipinski definition) is 10. The Morgan fingerprint density at radius 2 is 0.882 bits per heavy atom. The number of rotatable bonds is 25. The molecule has 10 heteroatoms. The number of hydrogen-bond donors (Lipinski definition) is 1. The van der Waals surface area contributed by atoms with Gasteiger partial charge in [-0.1, -0.05) is 12.1 Å². The van der Waals surface area contributed by atoms with E-state index < -0.39 is 0 Å². The van der Waals surface area contributed by atoms with E-state index in [0.717, 1.165) is 13.2 Å². The molecule has 0 amide bonds. The molecule has 0 bridgehead atoms. The summed E-state index contributed by atoms with van der Waals surface area (Å²) in [5, 5.41) is 0. The molecule has 0 aliphatic rings. The normalized spacial score (nSPS) is 11.4. The molecule has 0 saturated heterocycles. The van der Waals surface area contributed by atoms with Crippen molar-refractivity contribution in [1.82, 2.24) is 4.90 Å². The Labute approximate surface area is 204 Å². The van der Waals surface area contributed by atoms with Crippen molar-refractivity contribution in [3.63, 3.8) is 0 Å². The summed E-state index contributed by atoms with van der Waals surface area (Å²) < 4.78 is 43.7. The molecule has 0 radical (unpaired) electrons. The van der Waals surface area contributed by atoms with Gasteiger partial charge in [0.25, 0.3) is 0 Å². The Morgan fingerprint density at radius 1 is 0.529 bits per heavy atom. The van der Waals surface area contributed by atoms with Crippen LogP contribution in [0.5, 0.6) is 5.75 Å². The summed E-state index contributed by atoms with van der Waals surface area (Å²) >= 11 is 0. The molecule has 0 unspecified atom stereocenters. The zero-order valence-electron chi connectivity index (χ0n) is 20.9. The smallest absolute Gasteiger partial charge is 0.142 e. The molecule has 2 N–H and O–H groups in total. The molecule has 0 spiro atoms. The highest BCUT2D eigenvalue weighted by molar-refractivity contribution is 5.51. The second-order valence-corrected chi connectivity index (χ2v) is 7.48. The van der Waals surface area contributed by atoms with Gasteiger partial charge in [0, 0.05) is 6.54 Å². The predicted octanol–water partition coefficient (Wildman–Crippen LogP) is 1.33. The molecule has 0 aromatic heterocycles. The lowest BCUT2D eigenvalue weighted by Gasteiger charge is -2.10. The first-order valence-electron chi connectivity index (χ1n) is 11.9. The molecule has 0 aliphatic heterocycles. The van der Waals surface area contributed by atoms with Crippen LogP contribution in [0.3, 0.4) is 0 Å². The van der Waals surface area contributed by atoms with E-state index in [1.807, 2.05) is 32.3 Å². The lowest BCUT2D eigenvalue weighted by atomic mass is 10.3. The van der Waals surface area contributed by atoms with E-state index in [1.165, 1.54) is 0 Å². The average Bonchev–Trinajstić information content (AvgIpc) is 2.82. The van der Waals surface area contributed by atoms with Crippen LogP contribution < -0.4 is 10.5 Å². The zero-order valence-corrected chi connectivity index (χ0v) is 20.9. The van der Waals surface area contributed by atoms with E-state index in [4.69, 9.17) is 43.6 Å². The molecule has 10 nitrogen and oxygen atoms in total. The van der Waals surface area contributed by atoms with Gasteiger partial charge in [-0.3, -0.25) is 0 Å². The third-order valence-corrected chi connectivity index (χ3v) is 4.32. The molecule has 0 saturated carbocycles. The van der Waals surface area contributed by atoms with Crippen LogP contribution in [0.1, 0.15) is 0 Å². The fourth-order valence-electron chi connectivity index (χ4n) is 2.49. The quantitative estimate of drug-likeness (QED) is 0.160. The molecule has 1 aromatic carbocycles. The summed E-state index contributed by atoms with van der Waals surface area (Å²) in [6.45, 7) is 9.04. The standard InChI is InChI=1S/C24H44N2O8/c1-26(2)7-8-27-9-10-28-11-12-29-13-14-30-15-16-31-17-18-32-19-20-33-21-22-34-24-6-4-3-5-23(24)25/h3-6H,7-22,25H2,1-2H3. The number of para-hydroxylation sites is 2. The van der Waals surface area contributed by atoms with Gasteiger partial charge in [-0.2, -0.15) is 0 Å². The van der Waals surface area contributed by atoms with Gasteiger partial charge in [0.2, 0.25) is 0 Å². The Hall–Kier alpha value is -1.50. The van der Waals surface area contributed by atoms with Crippen LogP contribution in [0.4, 0.5) is 5.69 Å². The van der Waals surface area contributed by atoms with E-state index >= 15 is 0 Å². The number of nitrogens with two attached hydrogens (primary N) is 1. The molecule has 1 aromatic rings. The van der Waals surface area contributed by atoms with Crippen molar-refractivity contribution in [2.24, 2.45) is 0 Å². The Balaban J connectivity index is 1.67. The lowest BCUT2D eigenvalue weighted by Crippen LogP contribution is -2.19. The molecule has 0 heterocycles. The number of nitrogen functional groups attached to an aromatic ring is 1. The second-order valence-electron chi connectivity index (χ2n) is 7.48. The number of anilines is 1. The maximum atomic E-state index is 5.80. The van der Waals surface area contributed by atoms with Gasteiger partial charge in [0.05, 0.1) is 98.2 Å². The van der Waals surface area contributed by atoms with E-state index in [2.05, 4.69) is 4.90 Å². The van der Waals surface area contributed by atoms with Crippen molar-refractivity contribution in [1.29, 1.82) is 0 Å². The van der Waals surface area contributed by atoms with E-state index in [9.17, 15) is 0 Å². The van der Waals surface area contributed by atoms with E-state index in [1.54, 1.807) is 6.07 Å². The summed E-state index contributed by atoms with van der Waals surface area (Å²) in [7, 11) is 4.04. The fourth-order valence-corrected chi connectivity index (χ4v) is 2.49. The monoisotopic (exact) mass is 488 g/mol. The largest absolute Gasteiger partial charge is 0.489 e. The molecular formula is C24H44N2O8. The van der Waals surface area contributed by atoms with Crippen LogP contribution in [0, 0.1) is 0 Å². The van der Waals surface area contributed by atoms with Gasteiger partial charge in [0.1, 0.15) is 12.4 Å². The topological polar surface area (TPSA) is 103 Å². The zero-order chi connectivity index (χ0) is 24.5. The number of benzene rings is 1. The number of ether oxygens (including phenoxy) is 8. The minimum absolute atomic E-state index is 0.448. The first-order chi connectivity index (χ1) is 16.7. The van der Waals surface area contributed by atoms with Crippen LogP contribution in [0.2, 0.25) is 0 Å². The molecule has 0 atom stereocenters. The maximum absolute atomic E-state index is 5.80. The van der Waals surface area contributed by atoms with Crippen molar-refractivity contribution in [2.45, 2.75) is 0 Å². The van der Waals surface area contributed by atoms with Gasteiger partial charge in [-0.15, -0.1) is 0 Å². The number of likely N-dealkylation sites (N-methyl/N-ethyl adjacent to an activating group) is 1. The summed E-state index contributed by atoms with van der Waals surface area (Å²) in [5.74, 6) is 0.675. The first-order valence-corrected chi connectivity index (χ1v) is 11.9. The minimum Gasteiger partial charge on any atom is -0.489 e. The third kappa shape index (κ3) is 19.9. The van der Waals surface area contributed by atoms with E-state index in [-0.39, 0.29) is 0 Å². The highest BCUT2D eigenvalue weighted by Crippen LogP contribution is 2.19. The Kier molecular flexibility index (Phi) is 20.9. The SMILES string of the molecule is CN(C)CCOCCOCCOCCOCCOCCOCCOCCOc1ccccc1N. The third-order valence-electron chi connectivity index (χ3n) is 4.32. The van der Waals surface area contributed by atoms with Crippen LogP contribution >= 0.6 is 0 Å². The molecule has 34 heavy (non-hydrogen) atoms. The Bertz CT molecular complexity index is 566. The summed E-state index contributed by atoms with van der Waals surface area (Å²) in [6.07, 6.45) is 0. The van der Waals surface area contributed by atoms with Crippen molar-refractivity contribution >= 4 is 5.69 Å². The average molecular weight is 489 g/mol. The van der Waals surface area contributed by atoms with Crippen molar-refractivity contribution in [2.75, 3.05) is 125 Å². The molecule has 0 fully saturated rings. The highest BCUT2D eigenvalue weighted by atomic mass is 16.6. The Morgan fingerprint density at radius 3 is 1.26 bits per heavy atom. The van der Waals surface area contributed by atoms with Gasteiger partial charge in [0.15, 0.2) is 0 Å². The molecular weight excluding hydrogens is 444 g/mol. The molecule has 198 valence electrons. The second kappa shape index (κ2) is 23.3. The first kappa shape index (κ1) is 30.5. The molecule has 0 aliphatic carbocycles. The van der Waals surface area contributed by atoms with Gasteiger partial charge < -0.3 is 48.5 Å². The predicted molar refractivity (Wildman–Crippen MR) is 131 cm³/mol. The summed E-state index contributed by atoms with van der Waals surface area (Å²) in [5.41, 5.74) is 6.43. The molecule has 1 rings (SSSR count).